The van der Waals surface area contributed by atoms with E-state index in [1.54, 1.807) is 0 Å². The Bertz CT molecular complexity index is 540. The van der Waals surface area contributed by atoms with Gasteiger partial charge in [0.2, 0.25) is 0 Å². The van der Waals surface area contributed by atoms with Gasteiger partial charge in [0, 0.05) is 24.7 Å². The fourth-order valence-corrected chi connectivity index (χ4v) is 2.35. The molecule has 3 nitrogen and oxygen atoms in total. The summed E-state index contributed by atoms with van der Waals surface area (Å²) in [5.41, 5.74) is 8.08. The molecule has 0 atom stereocenters. The standard InChI is InChI=1S/C14H18N2O/c1-16-10(9-15)8-12-13(16)6-3-7-14(12)17-11-4-2-5-11/h3,6-8,11H,2,4-5,9,15H2,1H3. The van der Waals surface area contributed by atoms with Crippen LogP contribution in [0.3, 0.4) is 0 Å². The Morgan fingerprint density at radius 2 is 2.24 bits per heavy atom. The van der Waals surface area contributed by atoms with Crippen molar-refractivity contribution in [2.75, 3.05) is 0 Å². The topological polar surface area (TPSA) is 40.2 Å². The van der Waals surface area contributed by atoms with Gasteiger partial charge in [-0.15, -0.1) is 0 Å². The SMILES string of the molecule is Cn1c(CN)cc2c(OC3CCC3)cccc21. The summed E-state index contributed by atoms with van der Waals surface area (Å²) in [7, 11) is 2.05. The second kappa shape index (κ2) is 4.08. The van der Waals surface area contributed by atoms with Gasteiger partial charge in [-0.25, -0.2) is 0 Å². The normalized spacial score (nSPS) is 16.1. The predicted molar refractivity (Wildman–Crippen MR) is 69.1 cm³/mol. The summed E-state index contributed by atoms with van der Waals surface area (Å²) in [5.74, 6) is 1.00. The molecule has 0 aliphatic heterocycles. The number of nitrogens with two attached hydrogens (primary N) is 1. The minimum atomic E-state index is 0.419. The molecule has 1 heterocycles. The van der Waals surface area contributed by atoms with Crippen LogP contribution in [0.25, 0.3) is 10.9 Å². The van der Waals surface area contributed by atoms with Crippen molar-refractivity contribution in [3.63, 3.8) is 0 Å². The van der Waals surface area contributed by atoms with Gasteiger partial charge in [-0.1, -0.05) is 6.07 Å². The minimum Gasteiger partial charge on any atom is -0.490 e. The zero-order valence-electron chi connectivity index (χ0n) is 10.1. The van der Waals surface area contributed by atoms with E-state index in [9.17, 15) is 0 Å². The summed E-state index contributed by atoms with van der Waals surface area (Å²) in [5, 5.41) is 1.18. The predicted octanol–water partition coefficient (Wildman–Crippen LogP) is 2.57. The lowest BCUT2D eigenvalue weighted by Crippen LogP contribution is -2.24. The smallest absolute Gasteiger partial charge is 0.129 e. The van der Waals surface area contributed by atoms with E-state index in [-0.39, 0.29) is 0 Å². The lowest BCUT2D eigenvalue weighted by molar-refractivity contribution is 0.122. The van der Waals surface area contributed by atoms with E-state index >= 15 is 0 Å². The van der Waals surface area contributed by atoms with Crippen LogP contribution in [0.5, 0.6) is 5.75 Å². The van der Waals surface area contributed by atoms with E-state index in [0.717, 1.165) is 11.4 Å². The Hall–Kier alpha value is -1.48. The number of rotatable bonds is 3. The fraction of sp³-hybridized carbons (Fsp3) is 0.429. The molecule has 1 aliphatic rings. The highest BCUT2D eigenvalue weighted by Gasteiger charge is 2.20. The first-order valence-corrected chi connectivity index (χ1v) is 6.23. The average Bonchev–Trinajstić information content (AvgIpc) is 2.62. The third-order valence-corrected chi connectivity index (χ3v) is 3.70. The molecule has 90 valence electrons. The van der Waals surface area contributed by atoms with Crippen molar-refractivity contribution >= 4 is 10.9 Å². The van der Waals surface area contributed by atoms with E-state index in [0.29, 0.717) is 12.6 Å². The third-order valence-electron chi connectivity index (χ3n) is 3.70. The van der Waals surface area contributed by atoms with E-state index in [2.05, 4.69) is 35.9 Å². The molecule has 0 amide bonds. The van der Waals surface area contributed by atoms with Gasteiger partial charge in [0.25, 0.3) is 0 Å². The first kappa shape index (κ1) is 10.7. The number of benzene rings is 1. The molecule has 2 aromatic rings. The van der Waals surface area contributed by atoms with Gasteiger partial charge < -0.3 is 15.0 Å². The monoisotopic (exact) mass is 230 g/mol. The molecule has 1 saturated carbocycles. The fourth-order valence-electron chi connectivity index (χ4n) is 2.35. The van der Waals surface area contributed by atoms with Crippen LogP contribution in [0.2, 0.25) is 0 Å². The first-order valence-electron chi connectivity index (χ1n) is 6.23. The molecule has 0 unspecified atom stereocenters. The highest BCUT2D eigenvalue weighted by atomic mass is 16.5. The number of ether oxygens (including phenoxy) is 1. The molecular weight excluding hydrogens is 212 g/mol. The maximum absolute atomic E-state index is 6.02. The van der Waals surface area contributed by atoms with Crippen LogP contribution in [-0.4, -0.2) is 10.7 Å². The molecule has 3 heteroatoms. The van der Waals surface area contributed by atoms with Crippen LogP contribution in [0.15, 0.2) is 24.3 Å². The van der Waals surface area contributed by atoms with Crippen LogP contribution in [0.4, 0.5) is 0 Å². The summed E-state index contributed by atoms with van der Waals surface area (Å²) in [6.45, 7) is 0.564. The molecule has 0 spiro atoms. The minimum absolute atomic E-state index is 0.419. The van der Waals surface area contributed by atoms with Gasteiger partial charge in [-0.2, -0.15) is 0 Å². The zero-order chi connectivity index (χ0) is 11.8. The molecule has 0 bridgehead atoms. The second-order valence-corrected chi connectivity index (χ2v) is 4.76. The largest absolute Gasteiger partial charge is 0.490 e. The second-order valence-electron chi connectivity index (χ2n) is 4.76. The highest BCUT2D eigenvalue weighted by molar-refractivity contribution is 5.87. The van der Waals surface area contributed by atoms with Crippen LogP contribution in [-0.2, 0) is 13.6 Å². The molecule has 3 rings (SSSR count). The molecule has 0 radical (unpaired) electrons. The molecule has 2 N–H and O–H groups in total. The quantitative estimate of drug-likeness (QED) is 0.880. The number of aryl methyl sites for hydroxylation is 1. The van der Waals surface area contributed by atoms with Crippen molar-refractivity contribution in [1.29, 1.82) is 0 Å². The number of aromatic nitrogens is 1. The van der Waals surface area contributed by atoms with Gasteiger partial charge in [0.1, 0.15) is 5.75 Å². The van der Waals surface area contributed by atoms with Crippen LogP contribution in [0.1, 0.15) is 25.0 Å². The van der Waals surface area contributed by atoms with E-state index in [4.69, 9.17) is 10.5 Å². The zero-order valence-corrected chi connectivity index (χ0v) is 10.1. The Morgan fingerprint density at radius 3 is 2.88 bits per heavy atom. The number of hydrogen-bond donors (Lipinski definition) is 1. The van der Waals surface area contributed by atoms with Gasteiger partial charge in [0.05, 0.1) is 11.6 Å². The number of hydrogen-bond acceptors (Lipinski definition) is 2. The Kier molecular flexibility index (Phi) is 2.56. The molecular formula is C14H18N2O. The van der Waals surface area contributed by atoms with Crippen molar-refractivity contribution in [2.45, 2.75) is 31.9 Å². The molecule has 1 aromatic carbocycles. The average molecular weight is 230 g/mol. The third kappa shape index (κ3) is 1.71. The summed E-state index contributed by atoms with van der Waals surface area (Å²) in [6.07, 6.45) is 4.09. The van der Waals surface area contributed by atoms with Crippen molar-refractivity contribution in [3.8, 4) is 5.75 Å². The van der Waals surface area contributed by atoms with Gasteiger partial charge >= 0.3 is 0 Å². The van der Waals surface area contributed by atoms with Gasteiger partial charge in [-0.05, 0) is 37.5 Å². The highest BCUT2D eigenvalue weighted by Crippen LogP contribution is 2.32. The van der Waals surface area contributed by atoms with Crippen molar-refractivity contribution in [3.05, 3.63) is 30.0 Å². The number of nitrogens with zero attached hydrogens (tertiary/aromatic N) is 1. The molecule has 1 aliphatic carbocycles. The first-order chi connectivity index (χ1) is 8.29. The van der Waals surface area contributed by atoms with Crippen LogP contribution >= 0.6 is 0 Å². The van der Waals surface area contributed by atoms with Crippen LogP contribution < -0.4 is 10.5 Å². The van der Waals surface area contributed by atoms with Crippen molar-refractivity contribution < 1.29 is 4.74 Å². The molecule has 17 heavy (non-hydrogen) atoms. The maximum Gasteiger partial charge on any atom is 0.129 e. The van der Waals surface area contributed by atoms with Crippen molar-refractivity contribution in [2.24, 2.45) is 12.8 Å². The van der Waals surface area contributed by atoms with Crippen molar-refractivity contribution in [1.82, 2.24) is 4.57 Å². The Balaban J connectivity index is 2.05. The molecule has 0 saturated heterocycles. The number of fused-ring (bicyclic) bond motifs is 1. The van der Waals surface area contributed by atoms with E-state index in [1.807, 2.05) is 0 Å². The van der Waals surface area contributed by atoms with Gasteiger partial charge in [0.15, 0.2) is 0 Å². The summed E-state index contributed by atoms with van der Waals surface area (Å²) >= 11 is 0. The van der Waals surface area contributed by atoms with E-state index < -0.39 is 0 Å². The Labute approximate surface area is 101 Å². The summed E-state index contributed by atoms with van der Waals surface area (Å²) in [6, 6.07) is 8.36. The maximum atomic E-state index is 6.02. The summed E-state index contributed by atoms with van der Waals surface area (Å²) < 4.78 is 8.16. The van der Waals surface area contributed by atoms with E-state index in [1.165, 1.54) is 30.2 Å². The Morgan fingerprint density at radius 1 is 1.41 bits per heavy atom. The molecule has 1 fully saturated rings. The lowest BCUT2D eigenvalue weighted by atomic mass is 9.96. The molecule has 1 aromatic heterocycles. The van der Waals surface area contributed by atoms with Gasteiger partial charge in [-0.3, -0.25) is 0 Å². The lowest BCUT2D eigenvalue weighted by Gasteiger charge is -2.26. The summed E-state index contributed by atoms with van der Waals surface area (Å²) in [4.78, 5) is 0. The van der Waals surface area contributed by atoms with Crippen LogP contribution in [0, 0.1) is 0 Å².